The van der Waals surface area contributed by atoms with Crippen molar-refractivity contribution < 1.29 is 5.11 Å². The van der Waals surface area contributed by atoms with E-state index in [-0.39, 0.29) is 5.92 Å². The normalized spacial score (nSPS) is 13.7. The molecule has 1 aromatic heterocycles. The third-order valence-electron chi connectivity index (χ3n) is 3.68. The maximum absolute atomic E-state index is 9.98. The van der Waals surface area contributed by atoms with Crippen LogP contribution in [0.4, 0.5) is 5.82 Å². The molecule has 2 aromatic rings. The molecule has 2 N–H and O–H groups in total. The molecule has 0 aliphatic rings. The number of nitrogens with one attached hydrogen (secondary N) is 1. The van der Waals surface area contributed by atoms with Crippen LogP contribution in [0.15, 0.2) is 24.3 Å². The second kappa shape index (κ2) is 6.75. The molecule has 0 radical (unpaired) electrons. The van der Waals surface area contributed by atoms with E-state index in [1.165, 1.54) is 0 Å². The molecule has 0 bridgehead atoms. The zero-order valence-corrected chi connectivity index (χ0v) is 12.9. The fraction of sp³-hybridized carbons (Fsp3) is 0.375. The Kier molecular flexibility index (Phi) is 5.00. The van der Waals surface area contributed by atoms with Crippen molar-refractivity contribution >= 4 is 28.3 Å². The summed E-state index contributed by atoms with van der Waals surface area (Å²) in [5, 5.41) is 23.6. The standard InChI is InChI=1S/C16H18ClN3O/c1-3-10(2)15(21)9-19-16-6-11(8-18)13-7-12(17)4-5-14(13)20-16/h4-7,10,15,21H,3,9H2,1-2H3,(H,19,20). The lowest BCUT2D eigenvalue weighted by molar-refractivity contribution is 0.126. The van der Waals surface area contributed by atoms with Crippen LogP contribution in [0.5, 0.6) is 0 Å². The Hall–Kier alpha value is -1.83. The molecule has 21 heavy (non-hydrogen) atoms. The fourth-order valence-electron chi connectivity index (χ4n) is 2.06. The fourth-order valence-corrected chi connectivity index (χ4v) is 2.24. The van der Waals surface area contributed by atoms with E-state index in [0.29, 0.717) is 28.5 Å². The van der Waals surface area contributed by atoms with Gasteiger partial charge in [0.15, 0.2) is 0 Å². The number of hydrogen-bond acceptors (Lipinski definition) is 4. The van der Waals surface area contributed by atoms with Gasteiger partial charge in [-0.15, -0.1) is 0 Å². The SMILES string of the molecule is CCC(C)C(O)CNc1cc(C#N)c2cc(Cl)ccc2n1. The number of benzene rings is 1. The van der Waals surface area contributed by atoms with Gasteiger partial charge in [-0.2, -0.15) is 5.26 Å². The number of pyridine rings is 1. The molecule has 4 nitrogen and oxygen atoms in total. The number of nitrogens with zero attached hydrogens (tertiary/aromatic N) is 2. The Balaban J connectivity index is 2.26. The highest BCUT2D eigenvalue weighted by Gasteiger charge is 2.13. The second-order valence-electron chi connectivity index (χ2n) is 5.16. The second-order valence-corrected chi connectivity index (χ2v) is 5.60. The van der Waals surface area contributed by atoms with Gasteiger partial charge in [-0.25, -0.2) is 4.98 Å². The number of anilines is 1. The van der Waals surface area contributed by atoms with Crippen molar-refractivity contribution in [2.24, 2.45) is 5.92 Å². The summed E-state index contributed by atoms with van der Waals surface area (Å²) < 4.78 is 0. The highest BCUT2D eigenvalue weighted by Crippen LogP contribution is 2.24. The summed E-state index contributed by atoms with van der Waals surface area (Å²) in [4.78, 5) is 4.45. The molecule has 0 aliphatic heterocycles. The number of nitriles is 1. The van der Waals surface area contributed by atoms with Crippen LogP contribution in [-0.4, -0.2) is 22.7 Å². The first-order chi connectivity index (χ1) is 10.0. The van der Waals surface area contributed by atoms with Crippen molar-refractivity contribution in [3.8, 4) is 6.07 Å². The van der Waals surface area contributed by atoms with Crippen molar-refractivity contribution in [2.45, 2.75) is 26.4 Å². The lowest BCUT2D eigenvalue weighted by atomic mass is 10.0. The van der Waals surface area contributed by atoms with Crippen LogP contribution in [-0.2, 0) is 0 Å². The highest BCUT2D eigenvalue weighted by atomic mass is 35.5. The van der Waals surface area contributed by atoms with Crippen molar-refractivity contribution in [1.82, 2.24) is 4.98 Å². The number of aliphatic hydroxyl groups is 1. The molecule has 0 fully saturated rings. The number of aromatic nitrogens is 1. The highest BCUT2D eigenvalue weighted by molar-refractivity contribution is 6.31. The summed E-state index contributed by atoms with van der Waals surface area (Å²) in [5.74, 6) is 0.802. The van der Waals surface area contributed by atoms with Crippen molar-refractivity contribution in [3.63, 3.8) is 0 Å². The van der Waals surface area contributed by atoms with Crippen molar-refractivity contribution in [3.05, 3.63) is 34.9 Å². The number of halogens is 1. The van der Waals surface area contributed by atoms with Crippen LogP contribution < -0.4 is 5.32 Å². The Morgan fingerprint density at radius 1 is 1.43 bits per heavy atom. The van der Waals surface area contributed by atoms with Gasteiger partial charge in [0.05, 0.1) is 23.3 Å². The van der Waals surface area contributed by atoms with Gasteiger partial charge in [0.2, 0.25) is 0 Å². The topological polar surface area (TPSA) is 68.9 Å². The molecule has 5 heteroatoms. The van der Waals surface area contributed by atoms with E-state index >= 15 is 0 Å². The molecule has 0 saturated heterocycles. The van der Waals surface area contributed by atoms with Gasteiger partial charge >= 0.3 is 0 Å². The Morgan fingerprint density at radius 2 is 2.19 bits per heavy atom. The summed E-state index contributed by atoms with van der Waals surface area (Å²) in [7, 11) is 0. The van der Waals surface area contributed by atoms with Crippen LogP contribution in [0.25, 0.3) is 10.9 Å². The minimum atomic E-state index is -0.441. The molecule has 0 amide bonds. The molecule has 1 heterocycles. The first-order valence-electron chi connectivity index (χ1n) is 6.97. The summed E-state index contributed by atoms with van der Waals surface area (Å²) in [6, 6.07) is 9.11. The van der Waals surface area contributed by atoms with Gasteiger partial charge in [0, 0.05) is 17.0 Å². The van der Waals surface area contributed by atoms with E-state index in [9.17, 15) is 10.4 Å². The average molecular weight is 304 g/mol. The minimum absolute atomic E-state index is 0.215. The van der Waals surface area contributed by atoms with E-state index in [1.807, 2.05) is 13.8 Å². The predicted octanol–water partition coefficient (Wildman–Crippen LogP) is 3.58. The molecule has 110 valence electrons. The van der Waals surface area contributed by atoms with E-state index in [2.05, 4.69) is 16.4 Å². The molecule has 2 atom stereocenters. The number of rotatable bonds is 5. The minimum Gasteiger partial charge on any atom is -0.391 e. The third kappa shape index (κ3) is 3.63. The maximum Gasteiger partial charge on any atom is 0.128 e. The van der Waals surface area contributed by atoms with Gasteiger partial charge in [0.25, 0.3) is 0 Å². The summed E-state index contributed by atoms with van der Waals surface area (Å²) in [5.41, 5.74) is 1.22. The molecule has 2 rings (SSSR count). The van der Waals surface area contributed by atoms with E-state index in [4.69, 9.17) is 11.6 Å². The number of aliphatic hydroxyl groups excluding tert-OH is 1. The first-order valence-corrected chi connectivity index (χ1v) is 7.35. The third-order valence-corrected chi connectivity index (χ3v) is 3.92. The molecule has 1 aromatic carbocycles. The molecule has 2 unspecified atom stereocenters. The lowest BCUT2D eigenvalue weighted by Crippen LogP contribution is -2.26. The summed E-state index contributed by atoms with van der Waals surface area (Å²) in [6.45, 7) is 4.45. The van der Waals surface area contributed by atoms with Crippen LogP contribution in [0.2, 0.25) is 5.02 Å². The van der Waals surface area contributed by atoms with Crippen LogP contribution in [0.3, 0.4) is 0 Å². The van der Waals surface area contributed by atoms with Gasteiger partial charge in [-0.3, -0.25) is 0 Å². The predicted molar refractivity (Wildman–Crippen MR) is 85.4 cm³/mol. The number of hydrogen-bond donors (Lipinski definition) is 2. The Morgan fingerprint density at radius 3 is 2.86 bits per heavy atom. The molecular formula is C16H18ClN3O. The largest absolute Gasteiger partial charge is 0.391 e. The summed E-state index contributed by atoms with van der Waals surface area (Å²) in [6.07, 6.45) is 0.471. The Bertz CT molecular complexity index is 681. The smallest absolute Gasteiger partial charge is 0.128 e. The van der Waals surface area contributed by atoms with Crippen LogP contribution in [0, 0.1) is 17.2 Å². The Labute approximate surface area is 129 Å². The van der Waals surface area contributed by atoms with E-state index in [1.54, 1.807) is 24.3 Å². The zero-order chi connectivity index (χ0) is 15.4. The molecule has 0 saturated carbocycles. The first kappa shape index (κ1) is 15.6. The quantitative estimate of drug-likeness (QED) is 0.886. The van der Waals surface area contributed by atoms with Crippen LogP contribution >= 0.6 is 11.6 Å². The monoisotopic (exact) mass is 303 g/mol. The van der Waals surface area contributed by atoms with Crippen molar-refractivity contribution in [1.29, 1.82) is 5.26 Å². The van der Waals surface area contributed by atoms with E-state index < -0.39 is 6.10 Å². The lowest BCUT2D eigenvalue weighted by Gasteiger charge is -2.18. The van der Waals surface area contributed by atoms with Gasteiger partial charge in [-0.1, -0.05) is 31.9 Å². The summed E-state index contributed by atoms with van der Waals surface area (Å²) >= 11 is 5.96. The van der Waals surface area contributed by atoms with Gasteiger partial charge in [0.1, 0.15) is 5.82 Å². The number of fused-ring (bicyclic) bond motifs is 1. The molecular weight excluding hydrogens is 286 g/mol. The van der Waals surface area contributed by atoms with Gasteiger partial charge in [-0.05, 0) is 30.2 Å². The van der Waals surface area contributed by atoms with Gasteiger partial charge < -0.3 is 10.4 Å². The molecule has 0 spiro atoms. The van der Waals surface area contributed by atoms with Crippen LogP contribution in [0.1, 0.15) is 25.8 Å². The van der Waals surface area contributed by atoms with E-state index in [0.717, 1.165) is 11.8 Å². The maximum atomic E-state index is 9.98. The van der Waals surface area contributed by atoms with Crippen molar-refractivity contribution in [2.75, 3.05) is 11.9 Å². The molecule has 0 aliphatic carbocycles. The zero-order valence-electron chi connectivity index (χ0n) is 12.1. The average Bonchev–Trinajstić information content (AvgIpc) is 2.51.